The lowest BCUT2D eigenvalue weighted by atomic mass is 9.97. The molecule has 1 N–H and O–H groups in total. The van der Waals surface area contributed by atoms with Gasteiger partial charge < -0.3 is 5.11 Å². The lowest BCUT2D eigenvalue weighted by Crippen LogP contribution is -2.28. The van der Waals surface area contributed by atoms with Crippen LogP contribution in [0.15, 0.2) is 60.7 Å². The summed E-state index contributed by atoms with van der Waals surface area (Å²) in [6.07, 6.45) is 0. The molecule has 2 rings (SSSR count). The van der Waals surface area contributed by atoms with Crippen LogP contribution in [0.5, 0.6) is 0 Å². The molecular weight excluding hydrogens is 222 g/mol. The SMILES string of the molecule is CN(CCO)C(c1ccccc1)c1ccccc1. The molecule has 0 saturated carbocycles. The first kappa shape index (κ1) is 12.8. The first-order valence-electron chi connectivity index (χ1n) is 6.24. The lowest BCUT2D eigenvalue weighted by molar-refractivity contribution is 0.197. The Morgan fingerprint density at radius 3 is 1.72 bits per heavy atom. The van der Waals surface area contributed by atoms with E-state index >= 15 is 0 Å². The van der Waals surface area contributed by atoms with Crippen LogP contribution in [0.2, 0.25) is 0 Å². The molecular formula is C16H19NO. The second-order valence-electron chi connectivity index (χ2n) is 4.43. The molecule has 94 valence electrons. The molecule has 0 aliphatic carbocycles. The van der Waals surface area contributed by atoms with Crippen LogP contribution in [0.25, 0.3) is 0 Å². The zero-order chi connectivity index (χ0) is 12.8. The van der Waals surface area contributed by atoms with Crippen LogP contribution < -0.4 is 0 Å². The Kier molecular flexibility index (Phi) is 4.51. The van der Waals surface area contributed by atoms with E-state index in [1.54, 1.807) is 0 Å². The van der Waals surface area contributed by atoms with Crippen LogP contribution in [0, 0.1) is 0 Å². The van der Waals surface area contributed by atoms with Crippen molar-refractivity contribution >= 4 is 0 Å². The maximum Gasteiger partial charge on any atom is 0.0600 e. The third-order valence-electron chi connectivity index (χ3n) is 3.12. The van der Waals surface area contributed by atoms with Crippen molar-refractivity contribution in [3.8, 4) is 0 Å². The van der Waals surface area contributed by atoms with E-state index in [-0.39, 0.29) is 12.6 Å². The summed E-state index contributed by atoms with van der Waals surface area (Å²) >= 11 is 0. The fourth-order valence-corrected chi connectivity index (χ4v) is 2.26. The van der Waals surface area contributed by atoms with Gasteiger partial charge >= 0.3 is 0 Å². The van der Waals surface area contributed by atoms with Crippen molar-refractivity contribution in [2.24, 2.45) is 0 Å². The highest BCUT2D eigenvalue weighted by Gasteiger charge is 2.18. The Hall–Kier alpha value is -1.64. The van der Waals surface area contributed by atoms with Gasteiger partial charge in [0.05, 0.1) is 12.6 Å². The van der Waals surface area contributed by atoms with Crippen molar-refractivity contribution in [3.05, 3.63) is 71.8 Å². The van der Waals surface area contributed by atoms with E-state index in [2.05, 4.69) is 53.4 Å². The van der Waals surface area contributed by atoms with Gasteiger partial charge in [0.25, 0.3) is 0 Å². The zero-order valence-electron chi connectivity index (χ0n) is 10.7. The van der Waals surface area contributed by atoms with Crippen LogP contribution in [-0.2, 0) is 0 Å². The molecule has 0 radical (unpaired) electrons. The number of likely N-dealkylation sites (N-methyl/N-ethyl adjacent to an activating group) is 1. The third kappa shape index (κ3) is 2.97. The normalized spacial score (nSPS) is 11.1. The fraction of sp³-hybridized carbons (Fsp3) is 0.250. The standard InChI is InChI=1S/C16H19NO/c1-17(12-13-18)16(14-8-4-2-5-9-14)15-10-6-3-7-11-15/h2-11,16,18H,12-13H2,1H3. The molecule has 2 aromatic rings. The summed E-state index contributed by atoms with van der Waals surface area (Å²) in [7, 11) is 2.04. The minimum Gasteiger partial charge on any atom is -0.395 e. The molecule has 0 unspecified atom stereocenters. The summed E-state index contributed by atoms with van der Waals surface area (Å²) < 4.78 is 0. The lowest BCUT2D eigenvalue weighted by Gasteiger charge is -2.28. The molecule has 0 bridgehead atoms. The quantitative estimate of drug-likeness (QED) is 0.870. The largest absolute Gasteiger partial charge is 0.395 e. The Morgan fingerprint density at radius 1 is 0.889 bits per heavy atom. The van der Waals surface area contributed by atoms with Gasteiger partial charge in [-0.15, -0.1) is 0 Å². The molecule has 2 heteroatoms. The van der Waals surface area contributed by atoms with Crippen LogP contribution in [0.4, 0.5) is 0 Å². The van der Waals surface area contributed by atoms with Crippen LogP contribution in [0.3, 0.4) is 0 Å². The monoisotopic (exact) mass is 241 g/mol. The van der Waals surface area contributed by atoms with Crippen LogP contribution in [-0.4, -0.2) is 30.2 Å². The predicted octanol–water partition coefficient (Wildman–Crippen LogP) is 2.70. The minimum absolute atomic E-state index is 0.173. The Morgan fingerprint density at radius 2 is 1.33 bits per heavy atom. The van der Waals surface area contributed by atoms with E-state index < -0.39 is 0 Å². The first-order valence-corrected chi connectivity index (χ1v) is 6.24. The van der Waals surface area contributed by atoms with Crippen molar-refractivity contribution in [2.75, 3.05) is 20.2 Å². The molecule has 0 spiro atoms. The van der Waals surface area contributed by atoms with Gasteiger partial charge in [0.15, 0.2) is 0 Å². The Bertz CT molecular complexity index is 416. The van der Waals surface area contributed by atoms with Gasteiger partial charge in [0.1, 0.15) is 0 Å². The molecule has 2 aromatic carbocycles. The van der Waals surface area contributed by atoms with Gasteiger partial charge in [-0.05, 0) is 18.2 Å². The van der Waals surface area contributed by atoms with E-state index in [0.717, 1.165) is 0 Å². The van der Waals surface area contributed by atoms with Crippen molar-refractivity contribution in [1.29, 1.82) is 0 Å². The summed E-state index contributed by atoms with van der Waals surface area (Å²) in [6.45, 7) is 0.834. The third-order valence-corrected chi connectivity index (χ3v) is 3.12. The van der Waals surface area contributed by atoms with Gasteiger partial charge in [-0.1, -0.05) is 60.7 Å². The number of hydrogen-bond acceptors (Lipinski definition) is 2. The second kappa shape index (κ2) is 6.34. The predicted molar refractivity (Wildman–Crippen MR) is 74.4 cm³/mol. The summed E-state index contributed by atoms with van der Waals surface area (Å²) in [5, 5.41) is 9.14. The maximum absolute atomic E-state index is 9.14. The van der Waals surface area contributed by atoms with Crippen molar-refractivity contribution in [2.45, 2.75) is 6.04 Å². The highest BCUT2D eigenvalue weighted by Crippen LogP contribution is 2.26. The number of aliphatic hydroxyl groups is 1. The molecule has 0 aliphatic heterocycles. The number of hydrogen-bond donors (Lipinski definition) is 1. The molecule has 0 heterocycles. The zero-order valence-corrected chi connectivity index (χ0v) is 10.7. The molecule has 0 aromatic heterocycles. The van der Waals surface area contributed by atoms with E-state index in [0.29, 0.717) is 6.54 Å². The van der Waals surface area contributed by atoms with Crippen molar-refractivity contribution in [1.82, 2.24) is 4.90 Å². The Labute approximate surface area is 109 Å². The maximum atomic E-state index is 9.14. The summed E-state index contributed by atoms with van der Waals surface area (Å²) in [5.41, 5.74) is 2.50. The molecule has 0 aliphatic rings. The second-order valence-corrected chi connectivity index (χ2v) is 4.43. The minimum atomic E-state index is 0.173. The number of aliphatic hydroxyl groups excluding tert-OH is 1. The smallest absolute Gasteiger partial charge is 0.0600 e. The number of benzene rings is 2. The summed E-state index contributed by atoms with van der Waals surface area (Å²) in [4.78, 5) is 2.17. The van der Waals surface area contributed by atoms with Crippen molar-refractivity contribution < 1.29 is 5.11 Å². The van der Waals surface area contributed by atoms with E-state index in [1.807, 2.05) is 19.2 Å². The number of rotatable bonds is 5. The highest BCUT2D eigenvalue weighted by atomic mass is 16.3. The van der Waals surface area contributed by atoms with Crippen LogP contribution >= 0.6 is 0 Å². The molecule has 18 heavy (non-hydrogen) atoms. The van der Waals surface area contributed by atoms with Gasteiger partial charge in [-0.3, -0.25) is 4.90 Å². The summed E-state index contributed by atoms with van der Waals surface area (Å²) in [6, 6.07) is 21.0. The average molecular weight is 241 g/mol. The van der Waals surface area contributed by atoms with Gasteiger partial charge in [0, 0.05) is 6.54 Å². The van der Waals surface area contributed by atoms with Gasteiger partial charge in [-0.2, -0.15) is 0 Å². The fourth-order valence-electron chi connectivity index (χ4n) is 2.26. The van der Waals surface area contributed by atoms with E-state index in [4.69, 9.17) is 5.11 Å². The Balaban J connectivity index is 2.35. The molecule has 0 fully saturated rings. The molecule has 0 saturated heterocycles. The van der Waals surface area contributed by atoms with Gasteiger partial charge in [0.2, 0.25) is 0 Å². The molecule has 0 atom stereocenters. The van der Waals surface area contributed by atoms with Crippen LogP contribution in [0.1, 0.15) is 17.2 Å². The molecule has 0 amide bonds. The van der Waals surface area contributed by atoms with E-state index in [1.165, 1.54) is 11.1 Å². The topological polar surface area (TPSA) is 23.5 Å². The first-order chi connectivity index (χ1) is 8.83. The number of nitrogens with zero attached hydrogens (tertiary/aromatic N) is 1. The highest BCUT2D eigenvalue weighted by molar-refractivity contribution is 5.31. The van der Waals surface area contributed by atoms with Gasteiger partial charge in [-0.25, -0.2) is 0 Å². The average Bonchev–Trinajstić information content (AvgIpc) is 2.42. The van der Waals surface area contributed by atoms with Crippen molar-refractivity contribution in [3.63, 3.8) is 0 Å². The molecule has 2 nitrogen and oxygen atoms in total. The van der Waals surface area contributed by atoms with E-state index in [9.17, 15) is 0 Å². The summed E-state index contributed by atoms with van der Waals surface area (Å²) in [5.74, 6) is 0.